The van der Waals surface area contributed by atoms with Crippen molar-refractivity contribution in [3.8, 4) is 0 Å². The highest BCUT2D eigenvalue weighted by atomic mass is 32.1. The van der Waals surface area contributed by atoms with Crippen LogP contribution in [0.2, 0.25) is 0 Å². The van der Waals surface area contributed by atoms with Crippen molar-refractivity contribution in [2.75, 3.05) is 26.4 Å². The van der Waals surface area contributed by atoms with Crippen molar-refractivity contribution in [1.29, 1.82) is 0 Å². The Labute approximate surface area is 433 Å². The molecule has 0 saturated heterocycles. The van der Waals surface area contributed by atoms with Crippen LogP contribution in [0.5, 0.6) is 0 Å². The number of aliphatic hydroxyl groups is 3. The largest absolute Gasteiger partial charge is 0.486 e. The van der Waals surface area contributed by atoms with E-state index in [0.29, 0.717) is 15.6 Å². The lowest BCUT2D eigenvalue weighted by Gasteiger charge is -2.44. The summed E-state index contributed by atoms with van der Waals surface area (Å²) in [5.74, 6) is 0.271. The van der Waals surface area contributed by atoms with Gasteiger partial charge >= 0.3 is 0 Å². The molecule has 0 aliphatic heterocycles. The fraction of sp³-hybridized carbons (Fsp3) is 0.982. The van der Waals surface area contributed by atoms with Crippen molar-refractivity contribution in [3.05, 3.63) is 0 Å². The molecule has 0 saturated carbocycles. The predicted octanol–water partition coefficient (Wildman–Crippen LogP) is 17.8. The van der Waals surface area contributed by atoms with Crippen LogP contribution in [0, 0.1) is 16.7 Å². The first-order chi connectivity index (χ1) is 31.5. The lowest BCUT2D eigenvalue weighted by molar-refractivity contribution is -0.0333. The van der Waals surface area contributed by atoms with E-state index in [1.807, 2.05) is 0 Å². The molecule has 4 nitrogen and oxygen atoms in total. The van der Waals surface area contributed by atoms with E-state index >= 15 is 0 Å². The molecule has 0 aliphatic rings. The molecule has 0 aliphatic carbocycles. The van der Waals surface area contributed by atoms with Gasteiger partial charge in [-0.2, -0.15) is 50.5 Å². The zero-order valence-corrected chi connectivity index (χ0v) is 47.8. The quantitative estimate of drug-likeness (QED) is 0.0188. The molecular weight excluding hydrogens is 897 g/mol. The van der Waals surface area contributed by atoms with Gasteiger partial charge in [-0.1, -0.05) is 207 Å². The van der Waals surface area contributed by atoms with Gasteiger partial charge in [0.1, 0.15) is 6.61 Å². The number of hydrogen-bond donors (Lipinski definition) is 7. The fourth-order valence-corrected chi connectivity index (χ4v) is 11.5. The first kappa shape index (κ1) is 66.2. The van der Waals surface area contributed by atoms with Crippen molar-refractivity contribution in [1.82, 2.24) is 0 Å². The van der Waals surface area contributed by atoms with Crippen LogP contribution in [-0.4, -0.2) is 67.8 Å². The highest BCUT2D eigenvalue weighted by Gasteiger charge is 2.45. The monoisotopic (exact) mass is 1010 g/mol. The average molecular weight is 1010 g/mol. The molecule has 0 fully saturated rings. The zero-order valence-electron chi connectivity index (χ0n) is 43.4. The maximum atomic E-state index is 10.4. The van der Waals surface area contributed by atoms with E-state index in [2.05, 4.69) is 27.7 Å². The lowest BCUT2D eigenvalue weighted by atomic mass is 9.65. The maximum absolute atomic E-state index is 10.4. The predicted molar refractivity (Wildman–Crippen MR) is 307 cm³/mol. The second-order valence-corrected chi connectivity index (χ2v) is 24.2. The third-order valence-corrected chi connectivity index (χ3v) is 17.4. The van der Waals surface area contributed by atoms with Gasteiger partial charge in [0.05, 0.1) is 25.2 Å². The summed E-state index contributed by atoms with van der Waals surface area (Å²) in [5.41, 5.74) is -1.57. The van der Waals surface area contributed by atoms with E-state index in [1.165, 1.54) is 180 Å². The van der Waals surface area contributed by atoms with E-state index < -0.39 is 10.8 Å². The van der Waals surface area contributed by atoms with Crippen molar-refractivity contribution in [2.45, 2.75) is 306 Å². The summed E-state index contributed by atoms with van der Waals surface area (Å²) >= 11 is 27.6. The van der Waals surface area contributed by atoms with E-state index in [0.717, 1.165) is 77.0 Å². The highest BCUT2D eigenvalue weighted by Crippen LogP contribution is 2.48. The Kier molecular flexibility index (Phi) is 47.1. The molecule has 3 N–H and O–H groups in total. The van der Waals surface area contributed by atoms with Crippen LogP contribution < -0.4 is 0 Å². The Balaban J connectivity index is 6.67. The molecular formula is C56H112O4S5. The number of aliphatic hydroxyl groups excluding tert-OH is 3. The van der Waals surface area contributed by atoms with Crippen LogP contribution in [-0.2, 0) is 4.74 Å². The molecule has 0 amide bonds. The van der Waals surface area contributed by atoms with Gasteiger partial charge in [0.2, 0.25) is 0 Å². The summed E-state index contributed by atoms with van der Waals surface area (Å²) in [6.07, 6.45) is 48.9. The van der Waals surface area contributed by atoms with Gasteiger partial charge in [-0.05, 0) is 95.2 Å². The molecule has 65 heavy (non-hydrogen) atoms. The summed E-state index contributed by atoms with van der Waals surface area (Å²) in [4.78, 5) is 0. The number of thiol groups is 4. The van der Waals surface area contributed by atoms with Gasteiger partial charge in [0.15, 0.2) is 5.05 Å². The Morgan fingerprint density at radius 1 is 0.385 bits per heavy atom. The van der Waals surface area contributed by atoms with Gasteiger partial charge in [0.25, 0.3) is 0 Å². The van der Waals surface area contributed by atoms with Crippen LogP contribution in [0.1, 0.15) is 285 Å². The zero-order chi connectivity index (χ0) is 48.3. The number of ether oxygens (including phenoxy) is 1. The van der Waals surface area contributed by atoms with Gasteiger partial charge in [-0.15, -0.1) is 0 Å². The molecule has 0 aromatic carbocycles. The number of thiocarbonyl (C=S) groups is 1. The molecule has 9 heteroatoms. The van der Waals surface area contributed by atoms with Crippen molar-refractivity contribution in [2.24, 2.45) is 16.7 Å². The third kappa shape index (κ3) is 35.0. The Bertz CT molecular complexity index is 951. The van der Waals surface area contributed by atoms with Crippen LogP contribution in [0.15, 0.2) is 0 Å². The van der Waals surface area contributed by atoms with E-state index in [4.69, 9.17) is 67.5 Å². The molecule has 4 atom stereocenters. The minimum atomic E-state index is -1.16. The minimum Gasteiger partial charge on any atom is -0.486 e. The molecule has 390 valence electrons. The Morgan fingerprint density at radius 2 is 0.646 bits per heavy atom. The van der Waals surface area contributed by atoms with Crippen LogP contribution in [0.3, 0.4) is 0 Å². The summed E-state index contributed by atoms with van der Waals surface area (Å²) < 4.78 is 6.70. The number of rotatable bonds is 51. The molecule has 4 unspecified atom stereocenters. The smallest absolute Gasteiger partial charge is 0.166 e. The molecule has 0 heterocycles. The maximum Gasteiger partial charge on any atom is 0.166 e. The van der Waals surface area contributed by atoms with Gasteiger partial charge in [-0.25, -0.2) is 0 Å². The lowest BCUT2D eigenvalue weighted by Crippen LogP contribution is -2.45. The molecule has 0 rings (SSSR count). The van der Waals surface area contributed by atoms with Crippen molar-refractivity contribution >= 4 is 67.8 Å². The third-order valence-electron chi connectivity index (χ3n) is 14.8. The number of hydrogen-bond acceptors (Lipinski definition) is 9. The molecule has 0 spiro atoms. The van der Waals surface area contributed by atoms with Gasteiger partial charge < -0.3 is 20.1 Å². The molecule has 0 radical (unpaired) electrons. The van der Waals surface area contributed by atoms with E-state index in [9.17, 15) is 15.3 Å². The van der Waals surface area contributed by atoms with Crippen LogP contribution in [0.25, 0.3) is 0 Å². The molecule has 0 bridgehead atoms. The van der Waals surface area contributed by atoms with Crippen LogP contribution in [0.4, 0.5) is 0 Å². The van der Waals surface area contributed by atoms with Gasteiger partial charge in [-0.3, -0.25) is 0 Å². The summed E-state index contributed by atoms with van der Waals surface area (Å²) in [6.45, 7) is 8.03. The fourth-order valence-electron chi connectivity index (χ4n) is 9.81. The second-order valence-electron chi connectivity index (χ2n) is 20.9. The number of unbranched alkanes of at least 4 members (excludes halogenated alkanes) is 24. The standard InChI is InChI=1S/C56H112O4S5/c1-5-9-13-17-21-25-29-33-50(61)39-37-49(38-40-51(62)34-30-26-22-18-14-10-6-2)56(54(65)60-48-55(45-57,46-58)47-59,43-41-52(63)35-31-27-23-19-15-11-7-3)44-42-53(64)36-32-28-24-20-16-12-8-4/h49-53,57-59,61-64H,5-48H2,1-4H3. The first-order valence-corrected chi connectivity index (χ1v) is 30.7. The summed E-state index contributed by atoms with van der Waals surface area (Å²) in [5, 5.41) is 33.0. The van der Waals surface area contributed by atoms with Crippen molar-refractivity contribution < 1.29 is 20.1 Å². The summed E-state index contributed by atoms with van der Waals surface area (Å²) in [7, 11) is 0. The summed E-state index contributed by atoms with van der Waals surface area (Å²) in [6, 6.07) is 0. The van der Waals surface area contributed by atoms with E-state index in [1.54, 1.807) is 0 Å². The Morgan fingerprint density at radius 3 is 0.923 bits per heavy atom. The topological polar surface area (TPSA) is 69.9 Å². The van der Waals surface area contributed by atoms with E-state index in [-0.39, 0.29) is 42.8 Å². The molecule has 0 aromatic heterocycles. The average Bonchev–Trinajstić information content (AvgIpc) is 3.31. The molecule has 0 aromatic rings. The highest BCUT2D eigenvalue weighted by molar-refractivity contribution is 7.81. The van der Waals surface area contributed by atoms with Gasteiger partial charge in [0, 0.05) is 26.4 Å². The van der Waals surface area contributed by atoms with Crippen LogP contribution >= 0.6 is 62.7 Å². The second kappa shape index (κ2) is 46.3. The SMILES string of the molecule is CCCCCCCCCC(S)CCC(CCC(S)CCCCCCCCC)C(CCC(S)CCCCCCCCC)(CCC(S)CCCCCCCCC)C(=S)OCC(CO)(CO)CO. The van der Waals surface area contributed by atoms with Crippen molar-refractivity contribution in [3.63, 3.8) is 0 Å². The Hall–Kier alpha value is 1.17. The normalized spacial score (nSPS) is 15.4. The minimum absolute atomic E-state index is 0.00459. The first-order valence-electron chi connectivity index (χ1n) is 28.2.